The van der Waals surface area contributed by atoms with Gasteiger partial charge in [0.2, 0.25) is 4.27 Å². The number of hydrogen-bond donors (Lipinski definition) is 0. The first-order valence-electron chi connectivity index (χ1n) is 6.14. The number of rotatable bonds is 4. The fourth-order valence-electron chi connectivity index (χ4n) is 1.76. The lowest BCUT2D eigenvalue weighted by Crippen LogP contribution is -2.35. The van der Waals surface area contributed by atoms with Crippen LogP contribution in [0.2, 0.25) is 0 Å². The van der Waals surface area contributed by atoms with Crippen molar-refractivity contribution in [1.29, 1.82) is 0 Å². The Morgan fingerprint density at radius 3 is 2.14 bits per heavy atom. The number of thioether (sulfide) groups is 2. The number of methoxy groups -OCH3 is 1. The number of hydrogen-bond acceptors (Lipinski definition) is 6. The standard InChI is InChI=1S/C12H13F3O4S3/c1-18-10-5-3-9(4-6-10)11(20-7-2-8-21-11)19-22(16,17)12(13,14)15/h3-6H,2,7-8H2,1H3. The van der Waals surface area contributed by atoms with Crippen molar-refractivity contribution in [3.8, 4) is 5.75 Å². The second kappa shape index (κ2) is 6.50. The van der Waals surface area contributed by atoms with Gasteiger partial charge in [-0.25, -0.2) is 4.18 Å². The lowest BCUT2D eigenvalue weighted by molar-refractivity contribution is -0.0560. The Hall–Kier alpha value is -0.580. The van der Waals surface area contributed by atoms with E-state index in [-0.39, 0.29) is 0 Å². The van der Waals surface area contributed by atoms with Crippen LogP contribution in [-0.2, 0) is 18.6 Å². The van der Waals surface area contributed by atoms with Gasteiger partial charge in [-0.3, -0.25) is 0 Å². The third-order valence-corrected chi connectivity index (χ3v) is 7.16. The van der Waals surface area contributed by atoms with Crippen LogP contribution in [0.15, 0.2) is 24.3 Å². The minimum atomic E-state index is -5.69. The summed E-state index contributed by atoms with van der Waals surface area (Å²) in [7, 11) is -4.23. The van der Waals surface area contributed by atoms with E-state index in [9.17, 15) is 21.6 Å². The second-order valence-corrected chi connectivity index (χ2v) is 8.66. The predicted molar refractivity (Wildman–Crippen MR) is 80.3 cm³/mol. The van der Waals surface area contributed by atoms with Crippen molar-refractivity contribution in [2.75, 3.05) is 18.6 Å². The highest BCUT2D eigenvalue weighted by atomic mass is 32.2. The van der Waals surface area contributed by atoms with Crippen LogP contribution in [0.25, 0.3) is 0 Å². The van der Waals surface area contributed by atoms with Crippen LogP contribution in [0, 0.1) is 0 Å². The van der Waals surface area contributed by atoms with E-state index in [1.165, 1.54) is 19.2 Å². The normalized spacial score (nSPS) is 18.9. The summed E-state index contributed by atoms with van der Waals surface area (Å²) in [6.07, 6.45) is 0.767. The Balaban J connectivity index is 2.39. The van der Waals surface area contributed by atoms with Crippen LogP contribution in [0.3, 0.4) is 0 Å². The van der Waals surface area contributed by atoms with E-state index >= 15 is 0 Å². The van der Waals surface area contributed by atoms with Gasteiger partial charge in [-0.1, -0.05) is 12.1 Å². The largest absolute Gasteiger partial charge is 0.523 e. The lowest BCUT2D eigenvalue weighted by Gasteiger charge is -2.35. The predicted octanol–water partition coefficient (Wildman–Crippen LogP) is 3.54. The molecule has 1 aliphatic heterocycles. The molecule has 1 saturated heterocycles. The van der Waals surface area contributed by atoms with Gasteiger partial charge in [-0.05, 0) is 30.1 Å². The average molecular weight is 374 g/mol. The summed E-state index contributed by atoms with van der Waals surface area (Å²) >= 11 is 2.08. The SMILES string of the molecule is COc1ccc(C2(OS(=O)(=O)C(F)(F)F)SCCCS2)cc1. The Morgan fingerprint density at radius 1 is 1.14 bits per heavy atom. The molecule has 1 fully saturated rings. The summed E-state index contributed by atoms with van der Waals surface area (Å²) in [6.45, 7) is 0. The molecular weight excluding hydrogens is 361 g/mol. The maximum absolute atomic E-state index is 12.6. The molecule has 0 radical (unpaired) electrons. The van der Waals surface area contributed by atoms with E-state index in [2.05, 4.69) is 4.18 Å². The molecule has 1 heterocycles. The van der Waals surface area contributed by atoms with Crippen LogP contribution in [0.5, 0.6) is 5.75 Å². The molecule has 0 spiro atoms. The van der Waals surface area contributed by atoms with Gasteiger partial charge in [0.15, 0.2) is 0 Å². The third-order valence-electron chi connectivity index (χ3n) is 2.82. The highest BCUT2D eigenvalue weighted by Crippen LogP contribution is 2.53. The first-order valence-corrected chi connectivity index (χ1v) is 9.52. The van der Waals surface area contributed by atoms with Crippen LogP contribution in [-0.4, -0.2) is 32.5 Å². The van der Waals surface area contributed by atoms with Gasteiger partial charge in [0.25, 0.3) is 0 Å². The van der Waals surface area contributed by atoms with Crippen LogP contribution in [0.1, 0.15) is 12.0 Å². The summed E-state index contributed by atoms with van der Waals surface area (Å²) in [5.41, 5.74) is -5.11. The Bertz CT molecular complexity index is 607. The Morgan fingerprint density at radius 2 is 1.68 bits per heavy atom. The molecule has 22 heavy (non-hydrogen) atoms. The molecule has 1 aromatic carbocycles. The molecule has 10 heteroatoms. The number of benzene rings is 1. The van der Waals surface area contributed by atoms with Crippen LogP contribution < -0.4 is 4.74 Å². The van der Waals surface area contributed by atoms with Crippen molar-refractivity contribution < 1.29 is 30.5 Å². The van der Waals surface area contributed by atoms with Crippen molar-refractivity contribution in [2.45, 2.75) is 16.2 Å². The van der Waals surface area contributed by atoms with Crippen molar-refractivity contribution >= 4 is 33.6 Å². The van der Waals surface area contributed by atoms with Crippen LogP contribution in [0.4, 0.5) is 13.2 Å². The minimum Gasteiger partial charge on any atom is -0.497 e. The van der Waals surface area contributed by atoms with E-state index < -0.39 is 19.9 Å². The average Bonchev–Trinajstić information content (AvgIpc) is 2.46. The molecule has 0 amide bonds. The highest BCUT2D eigenvalue weighted by Gasteiger charge is 2.53. The molecular formula is C12H13F3O4S3. The first kappa shape index (κ1) is 17.8. The molecule has 0 unspecified atom stereocenters. The van der Waals surface area contributed by atoms with E-state index in [0.29, 0.717) is 22.8 Å². The van der Waals surface area contributed by atoms with Crippen molar-refractivity contribution in [3.05, 3.63) is 29.8 Å². The molecule has 0 saturated carbocycles. The molecule has 0 aliphatic carbocycles. The molecule has 4 nitrogen and oxygen atoms in total. The summed E-state index contributed by atoms with van der Waals surface area (Å²) in [4.78, 5) is 0. The molecule has 1 aromatic rings. The molecule has 0 bridgehead atoms. The van der Waals surface area contributed by atoms with Crippen molar-refractivity contribution in [1.82, 2.24) is 0 Å². The summed E-state index contributed by atoms with van der Waals surface area (Å²) in [5, 5.41) is 0. The molecule has 2 rings (SSSR count). The summed E-state index contributed by atoms with van der Waals surface area (Å²) < 4.78 is 68.8. The number of ether oxygens (including phenoxy) is 1. The first-order chi connectivity index (χ1) is 10.2. The van der Waals surface area contributed by atoms with Gasteiger partial charge < -0.3 is 4.74 Å². The van der Waals surface area contributed by atoms with Gasteiger partial charge >= 0.3 is 15.6 Å². The van der Waals surface area contributed by atoms with Gasteiger partial charge in [0, 0.05) is 5.56 Å². The minimum absolute atomic E-state index is 0.343. The Labute approximate surface area is 134 Å². The van der Waals surface area contributed by atoms with Gasteiger partial charge in [-0.2, -0.15) is 21.6 Å². The highest BCUT2D eigenvalue weighted by molar-refractivity contribution is 8.18. The number of halogens is 3. The Kier molecular flexibility index (Phi) is 5.25. The molecule has 0 aromatic heterocycles. The van der Waals surface area contributed by atoms with Gasteiger partial charge in [0.05, 0.1) is 7.11 Å². The van der Waals surface area contributed by atoms with Gasteiger partial charge in [-0.15, -0.1) is 23.5 Å². The zero-order valence-corrected chi connectivity index (χ0v) is 13.9. The third kappa shape index (κ3) is 3.66. The lowest BCUT2D eigenvalue weighted by atomic mass is 10.2. The zero-order valence-electron chi connectivity index (χ0n) is 11.4. The second-order valence-electron chi connectivity index (χ2n) is 4.32. The monoisotopic (exact) mass is 374 g/mol. The fourth-order valence-corrected chi connectivity index (χ4v) is 5.90. The smallest absolute Gasteiger partial charge is 0.497 e. The summed E-state index contributed by atoms with van der Waals surface area (Å²) in [6, 6.07) is 6.12. The van der Waals surface area contributed by atoms with Gasteiger partial charge in [0.1, 0.15) is 5.75 Å². The maximum Gasteiger partial charge on any atom is 0.523 e. The summed E-state index contributed by atoms with van der Waals surface area (Å²) in [5.74, 6) is 1.53. The molecule has 124 valence electrons. The van der Waals surface area contributed by atoms with Crippen molar-refractivity contribution in [2.24, 2.45) is 0 Å². The van der Waals surface area contributed by atoms with Crippen molar-refractivity contribution in [3.63, 3.8) is 0 Å². The van der Waals surface area contributed by atoms with E-state index in [0.717, 1.165) is 29.9 Å². The topological polar surface area (TPSA) is 52.6 Å². The fraction of sp³-hybridized carbons (Fsp3) is 0.500. The van der Waals surface area contributed by atoms with E-state index in [1.54, 1.807) is 12.1 Å². The maximum atomic E-state index is 12.6. The molecule has 0 N–H and O–H groups in total. The molecule has 1 aliphatic rings. The van der Waals surface area contributed by atoms with E-state index in [1.807, 2.05) is 0 Å². The number of alkyl halides is 3. The molecule has 0 atom stereocenters. The zero-order chi connectivity index (χ0) is 16.4. The van der Waals surface area contributed by atoms with Crippen LogP contribution >= 0.6 is 23.5 Å². The quantitative estimate of drug-likeness (QED) is 0.594. The van der Waals surface area contributed by atoms with E-state index in [4.69, 9.17) is 4.74 Å².